The van der Waals surface area contributed by atoms with Gasteiger partial charge < -0.3 is 10.0 Å². The Labute approximate surface area is 234 Å². The molecule has 3 rings (SSSR count). The summed E-state index contributed by atoms with van der Waals surface area (Å²) >= 11 is 0. The summed E-state index contributed by atoms with van der Waals surface area (Å²) in [5.74, 6) is 6.64. The predicted octanol–water partition coefficient (Wildman–Crippen LogP) is 9.06. The number of aromatic hydroxyl groups is 1. The van der Waals surface area contributed by atoms with Gasteiger partial charge in [0.2, 0.25) is 0 Å². The molecule has 1 aliphatic carbocycles. The summed E-state index contributed by atoms with van der Waals surface area (Å²) in [4.78, 5) is 2.45. The molecule has 0 aliphatic heterocycles. The third-order valence-corrected chi connectivity index (χ3v) is 9.34. The van der Waals surface area contributed by atoms with Gasteiger partial charge in [-0.3, -0.25) is 0 Å². The van der Waals surface area contributed by atoms with Crippen LogP contribution in [0.15, 0.2) is 42.5 Å². The highest BCUT2D eigenvalue weighted by Gasteiger charge is 2.19. The Morgan fingerprint density at radius 3 is 2.50 bits per heavy atom. The first-order valence-electron chi connectivity index (χ1n) is 14.6. The van der Waals surface area contributed by atoms with E-state index in [1.54, 1.807) is 13.8 Å². The van der Waals surface area contributed by atoms with Gasteiger partial charge in [0.1, 0.15) is 11.4 Å². The number of phenolic OH excluding ortho intramolecular Hbond substituents is 1. The number of fused-ring (bicyclic) bond motifs is 1. The second kappa shape index (κ2) is 15.0. The van der Waals surface area contributed by atoms with Crippen LogP contribution in [0.25, 0.3) is 11.1 Å². The van der Waals surface area contributed by atoms with Gasteiger partial charge in [-0.2, -0.15) is 10.5 Å². The van der Waals surface area contributed by atoms with E-state index in [4.69, 9.17) is 0 Å². The highest BCUT2D eigenvalue weighted by molar-refractivity contribution is 8.14. The van der Waals surface area contributed by atoms with Crippen LogP contribution in [0.5, 0.6) is 5.75 Å². The number of hydrogen-bond acceptors (Lipinski definition) is 2. The van der Waals surface area contributed by atoms with Gasteiger partial charge in [-0.25, -0.2) is 4.39 Å². The molecule has 1 N–H and O–H groups in total. The molecule has 0 amide bonds. The van der Waals surface area contributed by atoms with Crippen molar-refractivity contribution >= 4 is 27.5 Å². The molecule has 0 radical (unpaired) electrons. The number of hydrogen-bond donors (Lipinski definition) is 1. The molecule has 0 saturated carbocycles. The number of benzene rings is 2. The molecule has 0 spiro atoms. The minimum Gasteiger partial charge on any atom is -0.508 e. The molecule has 0 aromatic heterocycles. The number of allylic oxidation sites excluding steroid dienone is 2. The predicted molar refractivity (Wildman–Crippen MR) is 168 cm³/mol. The molecule has 0 saturated heterocycles. The zero-order chi connectivity index (χ0) is 27.5. The van der Waals surface area contributed by atoms with Crippen LogP contribution in [0.1, 0.15) is 93.9 Å². The highest BCUT2D eigenvalue weighted by Crippen LogP contribution is 2.39. The number of rotatable bonds is 15. The van der Waals surface area contributed by atoms with E-state index in [1.807, 2.05) is 12.1 Å². The lowest BCUT2D eigenvalue weighted by atomic mass is 9.88. The van der Waals surface area contributed by atoms with Crippen molar-refractivity contribution in [3.8, 4) is 5.75 Å². The number of unbranched alkanes of at least 4 members (excludes halogenated alkanes) is 3. The number of alkyl halides is 1. The summed E-state index contributed by atoms with van der Waals surface area (Å²) in [5, 5.41) is 10.1. The second-order valence-electron chi connectivity index (χ2n) is 11.8. The average molecular weight is 540 g/mol. The van der Waals surface area contributed by atoms with Crippen molar-refractivity contribution in [2.45, 2.75) is 90.6 Å². The number of aryl methyl sites for hydroxylation is 2. The van der Waals surface area contributed by atoms with Crippen LogP contribution in [0, 0.1) is 6.92 Å². The fourth-order valence-corrected chi connectivity index (χ4v) is 6.98. The Kier molecular flexibility index (Phi) is 12.1. The maximum Gasteiger partial charge on any atom is 0.115 e. The van der Waals surface area contributed by atoms with Crippen molar-refractivity contribution in [2.75, 3.05) is 31.6 Å². The molecule has 0 heterocycles. The Morgan fingerprint density at radius 2 is 1.74 bits per heavy atom. The van der Waals surface area contributed by atoms with E-state index in [1.165, 1.54) is 59.1 Å². The van der Waals surface area contributed by atoms with Gasteiger partial charge in [0.15, 0.2) is 0 Å². The Balaban J connectivity index is 1.47. The summed E-state index contributed by atoms with van der Waals surface area (Å²) < 4.78 is 13.7. The molecule has 0 fully saturated rings. The lowest BCUT2D eigenvalue weighted by Gasteiger charge is -2.19. The molecule has 1 unspecified atom stereocenters. The van der Waals surface area contributed by atoms with E-state index in [-0.39, 0.29) is 10.5 Å². The van der Waals surface area contributed by atoms with Crippen LogP contribution >= 0.6 is 10.5 Å². The van der Waals surface area contributed by atoms with Crippen molar-refractivity contribution in [3.05, 3.63) is 64.7 Å². The van der Waals surface area contributed by atoms with Gasteiger partial charge in [-0.1, -0.05) is 54.6 Å². The van der Waals surface area contributed by atoms with Gasteiger partial charge in [0.05, 0.1) is 0 Å². The first kappa shape index (κ1) is 30.6. The number of phenols is 1. The standard InChI is InChI=1S/C34H50FNOS/c1-27-13-10-14-28(25-27)31-17-11-15-29-26-30(37)18-19-32(29)33(31)16-8-6-7-9-21-36(4)22-12-23-38(5)24-20-34(2,3)35/h10,13-14,18-19,25-26,37H,5-9,11-12,15-17,20-24H2,1-4H3. The van der Waals surface area contributed by atoms with E-state index in [2.05, 4.69) is 55.1 Å². The van der Waals surface area contributed by atoms with Crippen LogP contribution < -0.4 is 0 Å². The van der Waals surface area contributed by atoms with Crippen molar-refractivity contribution in [1.82, 2.24) is 4.90 Å². The molecule has 4 heteroatoms. The van der Waals surface area contributed by atoms with Crippen molar-refractivity contribution < 1.29 is 9.50 Å². The van der Waals surface area contributed by atoms with Crippen molar-refractivity contribution in [2.24, 2.45) is 0 Å². The second-order valence-corrected chi connectivity index (χ2v) is 13.9. The summed E-state index contributed by atoms with van der Waals surface area (Å²) in [6.07, 6.45) is 11.0. The molecular formula is C34H50FNOS. The van der Waals surface area contributed by atoms with Crippen molar-refractivity contribution in [3.63, 3.8) is 0 Å². The Bertz CT molecular complexity index is 1080. The van der Waals surface area contributed by atoms with Crippen LogP contribution in [-0.4, -0.2) is 53.2 Å². The van der Waals surface area contributed by atoms with Gasteiger partial charge in [0, 0.05) is 0 Å². The molecular weight excluding hydrogens is 489 g/mol. The first-order chi connectivity index (χ1) is 18.1. The highest BCUT2D eigenvalue weighted by atomic mass is 32.2. The van der Waals surface area contributed by atoms with E-state index in [9.17, 15) is 9.50 Å². The Hall–Kier alpha value is -1.91. The lowest BCUT2D eigenvalue weighted by Crippen LogP contribution is -2.21. The minimum atomic E-state index is -1.07. The maximum absolute atomic E-state index is 13.7. The first-order valence-corrected chi connectivity index (χ1v) is 16.3. The van der Waals surface area contributed by atoms with Crippen LogP contribution in [0.3, 0.4) is 0 Å². The SMILES string of the molecule is C=S(CCCN(C)CCCCCCC1=C(c2cccc(C)c2)CCCc2cc(O)ccc21)CCC(C)(C)F. The molecule has 1 atom stereocenters. The van der Waals surface area contributed by atoms with Gasteiger partial charge in [-0.15, -0.1) is 0 Å². The van der Waals surface area contributed by atoms with E-state index >= 15 is 0 Å². The molecule has 2 nitrogen and oxygen atoms in total. The fourth-order valence-electron chi connectivity index (χ4n) is 5.46. The van der Waals surface area contributed by atoms with Gasteiger partial charge in [0.25, 0.3) is 0 Å². The molecule has 1 aliphatic rings. The smallest absolute Gasteiger partial charge is 0.115 e. The number of nitrogens with zero attached hydrogens (tertiary/aromatic N) is 1. The Morgan fingerprint density at radius 1 is 0.974 bits per heavy atom. The van der Waals surface area contributed by atoms with Crippen molar-refractivity contribution in [1.29, 1.82) is 0 Å². The third kappa shape index (κ3) is 10.3. The summed E-state index contributed by atoms with van der Waals surface area (Å²) in [7, 11) is 2.31. The van der Waals surface area contributed by atoms with Gasteiger partial charge in [-0.05, 0) is 144 Å². The molecule has 38 heavy (non-hydrogen) atoms. The molecule has 2 aromatic carbocycles. The molecule has 0 bridgehead atoms. The van der Waals surface area contributed by atoms with Crippen LogP contribution in [-0.2, 0) is 6.42 Å². The maximum atomic E-state index is 13.7. The summed E-state index contributed by atoms with van der Waals surface area (Å²) in [5.41, 5.74) is 7.22. The minimum absolute atomic E-state index is 0.0828. The zero-order valence-electron chi connectivity index (χ0n) is 24.3. The lowest BCUT2D eigenvalue weighted by molar-refractivity contribution is 0.212. The summed E-state index contributed by atoms with van der Waals surface area (Å²) in [6.45, 7) is 7.75. The van der Waals surface area contributed by atoms with Gasteiger partial charge >= 0.3 is 0 Å². The largest absolute Gasteiger partial charge is 0.508 e. The monoisotopic (exact) mass is 539 g/mol. The number of halogens is 1. The molecule has 210 valence electrons. The quantitative estimate of drug-likeness (QED) is 0.180. The normalized spacial score (nSPS) is 15.0. The van der Waals surface area contributed by atoms with E-state index in [0.717, 1.165) is 56.7 Å². The summed E-state index contributed by atoms with van der Waals surface area (Å²) in [6, 6.07) is 14.9. The average Bonchev–Trinajstić information content (AvgIpc) is 3.03. The fraction of sp³-hybridized carbons (Fsp3) is 0.559. The third-order valence-electron chi connectivity index (χ3n) is 7.69. The zero-order valence-corrected chi connectivity index (χ0v) is 25.1. The molecule has 2 aromatic rings. The van der Waals surface area contributed by atoms with Crippen LogP contribution in [0.2, 0.25) is 0 Å². The van der Waals surface area contributed by atoms with E-state index < -0.39 is 5.67 Å². The topological polar surface area (TPSA) is 23.5 Å². The van der Waals surface area contributed by atoms with Crippen LogP contribution in [0.4, 0.5) is 4.39 Å². The van der Waals surface area contributed by atoms with E-state index in [0.29, 0.717) is 12.2 Å².